The van der Waals surface area contributed by atoms with Crippen molar-refractivity contribution >= 4 is 11.7 Å². The number of phenols is 1. The number of aromatic carboxylic acids is 1. The molecule has 0 spiro atoms. The van der Waals surface area contributed by atoms with E-state index in [1.165, 1.54) is 12.1 Å². The molecule has 0 heterocycles. The molecule has 2 aromatic rings. The van der Waals surface area contributed by atoms with Gasteiger partial charge in [-0.05, 0) is 48.4 Å². The molecule has 21 heavy (non-hydrogen) atoms. The zero-order valence-corrected chi connectivity index (χ0v) is 11.2. The summed E-state index contributed by atoms with van der Waals surface area (Å²) in [5.74, 6) is -4.07. The average molecular weight is 293 g/mol. The first-order valence-corrected chi connectivity index (χ1v) is 6.13. The molecule has 0 unspecified atom stereocenters. The number of anilines is 1. The Morgan fingerprint density at radius 3 is 2.33 bits per heavy atom. The molecule has 0 amide bonds. The van der Waals surface area contributed by atoms with Crippen LogP contribution in [-0.4, -0.2) is 16.2 Å². The minimum atomic E-state index is -1.02. The molecule has 0 radical (unpaired) electrons. The van der Waals surface area contributed by atoms with Gasteiger partial charge < -0.3 is 15.5 Å². The van der Waals surface area contributed by atoms with Crippen molar-refractivity contribution in [2.75, 3.05) is 5.32 Å². The van der Waals surface area contributed by atoms with Crippen LogP contribution < -0.4 is 5.32 Å². The Labute approximate surface area is 119 Å². The maximum Gasteiger partial charge on any atom is 0.335 e. The van der Waals surface area contributed by atoms with Gasteiger partial charge in [-0.15, -0.1) is 0 Å². The summed E-state index contributed by atoms with van der Waals surface area (Å²) in [5.41, 5.74) is 1.85. The predicted molar refractivity (Wildman–Crippen MR) is 73.5 cm³/mol. The molecule has 0 fully saturated rings. The number of rotatable bonds is 4. The topological polar surface area (TPSA) is 69.6 Å². The van der Waals surface area contributed by atoms with Crippen molar-refractivity contribution < 1.29 is 23.8 Å². The van der Waals surface area contributed by atoms with Crippen LogP contribution in [0.4, 0.5) is 14.5 Å². The Bertz CT molecular complexity index is 678. The number of benzene rings is 2. The van der Waals surface area contributed by atoms with Crippen LogP contribution in [-0.2, 0) is 6.54 Å². The molecule has 2 rings (SSSR count). The second-order valence-electron chi connectivity index (χ2n) is 4.60. The molecule has 110 valence electrons. The maximum atomic E-state index is 13.2. The summed E-state index contributed by atoms with van der Waals surface area (Å²) in [4.78, 5) is 10.8. The van der Waals surface area contributed by atoms with Gasteiger partial charge in [-0.3, -0.25) is 0 Å². The van der Waals surface area contributed by atoms with Gasteiger partial charge in [0, 0.05) is 12.2 Å². The Kier molecular flexibility index (Phi) is 4.07. The molecule has 3 N–H and O–H groups in total. The smallest absolute Gasteiger partial charge is 0.335 e. The SMILES string of the molecule is Cc1cc(C(=O)O)ccc1NCc1cc(F)c(O)c(F)c1. The van der Waals surface area contributed by atoms with E-state index in [-0.39, 0.29) is 12.1 Å². The van der Waals surface area contributed by atoms with E-state index in [4.69, 9.17) is 10.2 Å². The molecule has 0 aliphatic carbocycles. The zero-order valence-electron chi connectivity index (χ0n) is 11.2. The maximum absolute atomic E-state index is 13.2. The number of carboxylic acids is 1. The molecule has 2 aromatic carbocycles. The monoisotopic (exact) mass is 293 g/mol. The summed E-state index contributed by atoms with van der Waals surface area (Å²) in [6.45, 7) is 1.87. The summed E-state index contributed by atoms with van der Waals surface area (Å²) in [6.07, 6.45) is 0. The first-order valence-electron chi connectivity index (χ1n) is 6.13. The van der Waals surface area contributed by atoms with Gasteiger partial charge in [0.2, 0.25) is 0 Å². The molecular formula is C15H13F2NO3. The van der Waals surface area contributed by atoms with Crippen LogP contribution in [0.3, 0.4) is 0 Å². The number of hydrogen-bond donors (Lipinski definition) is 3. The molecule has 0 saturated carbocycles. The Hall–Kier alpha value is -2.63. The van der Waals surface area contributed by atoms with E-state index in [0.717, 1.165) is 12.1 Å². The number of carbonyl (C=O) groups is 1. The van der Waals surface area contributed by atoms with E-state index in [1.807, 2.05) is 0 Å². The number of aromatic hydroxyl groups is 1. The average Bonchev–Trinajstić information content (AvgIpc) is 2.43. The molecule has 6 heteroatoms. The van der Waals surface area contributed by atoms with Gasteiger partial charge in [0.25, 0.3) is 0 Å². The molecule has 0 aliphatic heterocycles. The van der Waals surface area contributed by atoms with E-state index in [0.29, 0.717) is 16.8 Å². The van der Waals surface area contributed by atoms with E-state index >= 15 is 0 Å². The van der Waals surface area contributed by atoms with Crippen LogP contribution in [0.25, 0.3) is 0 Å². The molecule has 0 atom stereocenters. The van der Waals surface area contributed by atoms with Crippen molar-refractivity contribution in [1.29, 1.82) is 0 Å². The summed E-state index contributed by atoms with van der Waals surface area (Å²) in [7, 11) is 0. The Balaban J connectivity index is 2.15. The fourth-order valence-electron chi connectivity index (χ4n) is 1.91. The first-order chi connectivity index (χ1) is 9.88. The molecular weight excluding hydrogens is 280 g/mol. The highest BCUT2D eigenvalue weighted by Gasteiger charge is 2.10. The molecule has 0 aliphatic rings. The van der Waals surface area contributed by atoms with E-state index < -0.39 is 23.4 Å². The minimum absolute atomic E-state index is 0.140. The second kappa shape index (κ2) is 5.78. The second-order valence-corrected chi connectivity index (χ2v) is 4.60. The van der Waals surface area contributed by atoms with Crippen LogP contribution in [0.15, 0.2) is 30.3 Å². The quantitative estimate of drug-likeness (QED) is 0.809. The fraction of sp³-hybridized carbons (Fsp3) is 0.133. The normalized spacial score (nSPS) is 10.4. The highest BCUT2D eigenvalue weighted by atomic mass is 19.1. The zero-order chi connectivity index (χ0) is 15.6. The van der Waals surface area contributed by atoms with Crippen LogP contribution in [0.1, 0.15) is 21.5 Å². The standard InChI is InChI=1S/C15H13F2NO3/c1-8-4-10(15(20)21)2-3-13(8)18-7-9-5-11(16)14(19)12(17)6-9/h2-6,18-19H,7H2,1H3,(H,20,21). The molecule has 0 aromatic heterocycles. The van der Waals surface area contributed by atoms with E-state index in [2.05, 4.69) is 5.32 Å². The van der Waals surface area contributed by atoms with Crippen molar-refractivity contribution in [3.05, 3.63) is 58.7 Å². The molecule has 4 nitrogen and oxygen atoms in total. The number of carboxylic acid groups (broad SMARTS) is 1. The van der Waals surface area contributed by atoms with Gasteiger partial charge in [0.15, 0.2) is 17.4 Å². The number of halogens is 2. The van der Waals surface area contributed by atoms with Gasteiger partial charge in [-0.25, -0.2) is 13.6 Å². The van der Waals surface area contributed by atoms with Gasteiger partial charge in [-0.1, -0.05) is 0 Å². The summed E-state index contributed by atoms with van der Waals surface area (Å²) < 4.78 is 26.4. The summed E-state index contributed by atoms with van der Waals surface area (Å²) in [5, 5.41) is 20.8. The van der Waals surface area contributed by atoms with Crippen molar-refractivity contribution in [3.63, 3.8) is 0 Å². The lowest BCUT2D eigenvalue weighted by Crippen LogP contribution is -2.04. The highest BCUT2D eigenvalue weighted by Crippen LogP contribution is 2.23. The number of phenolic OH excluding ortho intramolecular Hbond substituents is 1. The van der Waals surface area contributed by atoms with Gasteiger partial charge >= 0.3 is 5.97 Å². The summed E-state index contributed by atoms with van der Waals surface area (Å²) >= 11 is 0. The number of hydrogen-bond acceptors (Lipinski definition) is 3. The van der Waals surface area contributed by atoms with Crippen LogP contribution in [0.2, 0.25) is 0 Å². The van der Waals surface area contributed by atoms with Crippen LogP contribution in [0.5, 0.6) is 5.75 Å². The number of nitrogens with one attached hydrogen (secondary N) is 1. The predicted octanol–water partition coefficient (Wildman–Crippen LogP) is 3.29. The van der Waals surface area contributed by atoms with Gasteiger partial charge in [-0.2, -0.15) is 0 Å². The van der Waals surface area contributed by atoms with Crippen LogP contribution >= 0.6 is 0 Å². The first kappa shape index (κ1) is 14.8. The van der Waals surface area contributed by atoms with Crippen LogP contribution in [0, 0.1) is 18.6 Å². The third kappa shape index (κ3) is 3.28. The summed E-state index contributed by atoms with van der Waals surface area (Å²) in [6, 6.07) is 6.60. The Morgan fingerprint density at radius 2 is 1.81 bits per heavy atom. The van der Waals surface area contributed by atoms with Crippen molar-refractivity contribution in [3.8, 4) is 5.75 Å². The fourth-order valence-corrected chi connectivity index (χ4v) is 1.91. The third-order valence-corrected chi connectivity index (χ3v) is 3.03. The Morgan fingerprint density at radius 1 is 1.19 bits per heavy atom. The number of aryl methyl sites for hydroxylation is 1. The van der Waals surface area contributed by atoms with E-state index in [9.17, 15) is 13.6 Å². The largest absolute Gasteiger partial charge is 0.503 e. The minimum Gasteiger partial charge on any atom is -0.503 e. The lowest BCUT2D eigenvalue weighted by atomic mass is 10.1. The van der Waals surface area contributed by atoms with Gasteiger partial charge in [0.05, 0.1) is 5.56 Å². The van der Waals surface area contributed by atoms with Crippen molar-refractivity contribution in [2.45, 2.75) is 13.5 Å². The lowest BCUT2D eigenvalue weighted by molar-refractivity contribution is 0.0697. The molecule has 0 saturated heterocycles. The lowest BCUT2D eigenvalue weighted by Gasteiger charge is -2.11. The highest BCUT2D eigenvalue weighted by molar-refractivity contribution is 5.88. The van der Waals surface area contributed by atoms with Gasteiger partial charge in [0.1, 0.15) is 0 Å². The van der Waals surface area contributed by atoms with Crippen molar-refractivity contribution in [2.24, 2.45) is 0 Å². The van der Waals surface area contributed by atoms with E-state index in [1.54, 1.807) is 13.0 Å². The third-order valence-electron chi connectivity index (χ3n) is 3.03. The van der Waals surface area contributed by atoms with Crippen molar-refractivity contribution in [1.82, 2.24) is 0 Å². The molecule has 0 bridgehead atoms.